The lowest BCUT2D eigenvalue weighted by Gasteiger charge is -2.09. The van der Waals surface area contributed by atoms with Crippen molar-refractivity contribution in [3.05, 3.63) is 82.8 Å². The van der Waals surface area contributed by atoms with E-state index in [2.05, 4.69) is 10.4 Å². The van der Waals surface area contributed by atoms with Crippen molar-refractivity contribution in [2.45, 2.75) is 13.5 Å². The van der Waals surface area contributed by atoms with Crippen LogP contribution >= 0.6 is 0 Å². The van der Waals surface area contributed by atoms with Crippen LogP contribution in [0.5, 0.6) is 0 Å². The predicted molar refractivity (Wildman–Crippen MR) is 93.8 cm³/mol. The van der Waals surface area contributed by atoms with Crippen LogP contribution in [0.2, 0.25) is 0 Å². The number of rotatable bonds is 5. The lowest BCUT2D eigenvalue weighted by molar-refractivity contribution is 0.0689. The maximum atomic E-state index is 13.0. The van der Waals surface area contributed by atoms with E-state index >= 15 is 0 Å². The summed E-state index contributed by atoms with van der Waals surface area (Å²) in [4.78, 5) is 23.6. The quantitative estimate of drug-likeness (QED) is 0.737. The van der Waals surface area contributed by atoms with Crippen LogP contribution < -0.4 is 5.32 Å². The Bertz CT molecular complexity index is 947. The van der Waals surface area contributed by atoms with Crippen molar-refractivity contribution < 1.29 is 19.1 Å². The number of carboxylic acids is 1. The van der Waals surface area contributed by atoms with Gasteiger partial charge in [0.15, 0.2) is 5.69 Å². The fraction of sp³-hybridized carbons (Fsp3) is 0.105. The molecule has 0 aliphatic carbocycles. The van der Waals surface area contributed by atoms with Gasteiger partial charge in [0.25, 0.3) is 5.91 Å². The Morgan fingerprint density at radius 1 is 1.12 bits per heavy atom. The second kappa shape index (κ2) is 7.18. The standard InChI is InChI=1S/C19H16FN3O3/c1-12-2-6-14(7-3-12)18(24)21-17-10-16(19(25)26)22-23(17)11-13-4-8-15(20)9-5-13/h2-10H,11H2,1H3,(H,21,24)(H,25,26). The number of anilines is 1. The molecule has 1 aromatic heterocycles. The summed E-state index contributed by atoms with van der Waals surface area (Å²) in [5.74, 6) is -1.69. The summed E-state index contributed by atoms with van der Waals surface area (Å²) in [6.45, 7) is 2.11. The molecule has 3 aromatic rings. The molecule has 0 fully saturated rings. The molecular formula is C19H16FN3O3. The van der Waals surface area contributed by atoms with Crippen LogP contribution in [0.1, 0.15) is 32.0 Å². The van der Waals surface area contributed by atoms with Crippen molar-refractivity contribution >= 4 is 17.7 Å². The van der Waals surface area contributed by atoms with E-state index in [1.54, 1.807) is 24.3 Å². The van der Waals surface area contributed by atoms with E-state index in [4.69, 9.17) is 5.11 Å². The molecule has 7 heteroatoms. The van der Waals surface area contributed by atoms with E-state index in [0.717, 1.165) is 11.1 Å². The van der Waals surface area contributed by atoms with Gasteiger partial charge in [-0.05, 0) is 36.8 Å². The summed E-state index contributed by atoms with van der Waals surface area (Å²) in [5.41, 5.74) is 2.00. The van der Waals surface area contributed by atoms with Gasteiger partial charge < -0.3 is 10.4 Å². The lowest BCUT2D eigenvalue weighted by atomic mass is 10.1. The highest BCUT2D eigenvalue weighted by Gasteiger charge is 2.16. The molecule has 0 unspecified atom stereocenters. The number of carbonyl (C=O) groups is 2. The molecule has 0 saturated heterocycles. The van der Waals surface area contributed by atoms with E-state index in [9.17, 15) is 14.0 Å². The third-order valence-electron chi connectivity index (χ3n) is 3.80. The molecule has 6 nitrogen and oxygen atoms in total. The van der Waals surface area contributed by atoms with Crippen LogP contribution in [0, 0.1) is 12.7 Å². The van der Waals surface area contributed by atoms with E-state index in [-0.39, 0.29) is 29.8 Å². The third-order valence-corrected chi connectivity index (χ3v) is 3.80. The number of aromatic nitrogens is 2. The molecule has 0 radical (unpaired) electrons. The van der Waals surface area contributed by atoms with Gasteiger partial charge in [0.2, 0.25) is 0 Å². The molecule has 0 spiro atoms. The molecular weight excluding hydrogens is 337 g/mol. The van der Waals surface area contributed by atoms with Crippen molar-refractivity contribution in [2.24, 2.45) is 0 Å². The number of carbonyl (C=O) groups excluding carboxylic acids is 1. The number of halogens is 1. The number of amides is 1. The first-order chi connectivity index (χ1) is 12.4. The molecule has 2 N–H and O–H groups in total. The molecule has 0 saturated carbocycles. The fourth-order valence-electron chi connectivity index (χ4n) is 2.40. The van der Waals surface area contributed by atoms with Gasteiger partial charge in [0.05, 0.1) is 6.54 Å². The zero-order valence-corrected chi connectivity index (χ0v) is 13.9. The van der Waals surface area contributed by atoms with Crippen LogP contribution in [-0.4, -0.2) is 26.8 Å². The average Bonchev–Trinajstić information content (AvgIpc) is 3.00. The van der Waals surface area contributed by atoms with Gasteiger partial charge in [-0.1, -0.05) is 29.8 Å². The first-order valence-electron chi connectivity index (χ1n) is 7.86. The van der Waals surface area contributed by atoms with Gasteiger partial charge in [-0.15, -0.1) is 0 Å². The van der Waals surface area contributed by atoms with Crippen LogP contribution in [0.15, 0.2) is 54.6 Å². The first-order valence-corrected chi connectivity index (χ1v) is 7.86. The number of carboxylic acid groups (broad SMARTS) is 1. The monoisotopic (exact) mass is 353 g/mol. The number of hydrogen-bond acceptors (Lipinski definition) is 3. The van der Waals surface area contributed by atoms with E-state index in [1.807, 2.05) is 19.1 Å². The number of hydrogen-bond donors (Lipinski definition) is 2. The highest BCUT2D eigenvalue weighted by molar-refractivity contribution is 6.04. The molecule has 132 valence electrons. The molecule has 1 heterocycles. The predicted octanol–water partition coefficient (Wildman–Crippen LogP) is 3.33. The minimum Gasteiger partial charge on any atom is -0.476 e. The van der Waals surface area contributed by atoms with Crippen molar-refractivity contribution in [3.8, 4) is 0 Å². The smallest absolute Gasteiger partial charge is 0.356 e. The van der Waals surface area contributed by atoms with Gasteiger partial charge in [0, 0.05) is 11.6 Å². The second-order valence-corrected chi connectivity index (χ2v) is 5.82. The summed E-state index contributed by atoms with van der Waals surface area (Å²) >= 11 is 0. The number of aromatic carboxylic acids is 1. The molecule has 0 aliphatic rings. The van der Waals surface area contributed by atoms with Gasteiger partial charge in [-0.25, -0.2) is 13.9 Å². The molecule has 2 aromatic carbocycles. The molecule has 0 bridgehead atoms. The van der Waals surface area contributed by atoms with Gasteiger partial charge in [0.1, 0.15) is 11.6 Å². The van der Waals surface area contributed by atoms with Crippen LogP contribution in [0.25, 0.3) is 0 Å². The summed E-state index contributed by atoms with van der Waals surface area (Å²) < 4.78 is 14.4. The summed E-state index contributed by atoms with van der Waals surface area (Å²) in [6, 6.07) is 14.0. The Labute approximate surface area is 148 Å². The highest BCUT2D eigenvalue weighted by Crippen LogP contribution is 2.16. The average molecular weight is 353 g/mol. The van der Waals surface area contributed by atoms with Gasteiger partial charge in [-0.3, -0.25) is 4.79 Å². The molecule has 26 heavy (non-hydrogen) atoms. The zero-order chi connectivity index (χ0) is 18.7. The first kappa shape index (κ1) is 17.3. The van der Waals surface area contributed by atoms with Crippen LogP contribution in [0.3, 0.4) is 0 Å². The molecule has 3 rings (SSSR count). The fourth-order valence-corrected chi connectivity index (χ4v) is 2.40. The van der Waals surface area contributed by atoms with Crippen molar-refractivity contribution in [3.63, 3.8) is 0 Å². The number of nitrogens with zero attached hydrogens (tertiary/aromatic N) is 2. The lowest BCUT2D eigenvalue weighted by Crippen LogP contribution is -2.16. The normalized spacial score (nSPS) is 10.5. The van der Waals surface area contributed by atoms with E-state index in [0.29, 0.717) is 5.56 Å². The minimum atomic E-state index is -1.20. The Balaban J connectivity index is 1.87. The van der Waals surface area contributed by atoms with Crippen LogP contribution in [-0.2, 0) is 6.54 Å². The van der Waals surface area contributed by atoms with Crippen molar-refractivity contribution in [1.82, 2.24) is 9.78 Å². The Morgan fingerprint density at radius 2 is 1.77 bits per heavy atom. The molecule has 1 amide bonds. The topological polar surface area (TPSA) is 84.2 Å². The number of nitrogens with one attached hydrogen (secondary N) is 1. The summed E-state index contributed by atoms with van der Waals surface area (Å²) in [6.07, 6.45) is 0. The summed E-state index contributed by atoms with van der Waals surface area (Å²) in [7, 11) is 0. The summed E-state index contributed by atoms with van der Waals surface area (Å²) in [5, 5.41) is 15.8. The van der Waals surface area contributed by atoms with E-state index in [1.165, 1.54) is 22.9 Å². The van der Waals surface area contributed by atoms with Crippen LogP contribution in [0.4, 0.5) is 10.2 Å². The van der Waals surface area contributed by atoms with Crippen molar-refractivity contribution in [1.29, 1.82) is 0 Å². The SMILES string of the molecule is Cc1ccc(C(=O)Nc2cc(C(=O)O)nn2Cc2ccc(F)cc2)cc1. The Hall–Kier alpha value is -3.48. The van der Waals surface area contributed by atoms with Crippen molar-refractivity contribution in [2.75, 3.05) is 5.32 Å². The largest absolute Gasteiger partial charge is 0.476 e. The molecule has 0 atom stereocenters. The number of aryl methyl sites for hydroxylation is 1. The molecule has 0 aliphatic heterocycles. The maximum Gasteiger partial charge on any atom is 0.356 e. The van der Waals surface area contributed by atoms with Gasteiger partial charge in [-0.2, -0.15) is 5.10 Å². The maximum absolute atomic E-state index is 13.0. The zero-order valence-electron chi connectivity index (χ0n) is 13.9. The van der Waals surface area contributed by atoms with E-state index < -0.39 is 5.97 Å². The minimum absolute atomic E-state index is 0.189. The number of benzene rings is 2. The third kappa shape index (κ3) is 3.94. The highest BCUT2D eigenvalue weighted by atomic mass is 19.1. The Kier molecular flexibility index (Phi) is 4.79. The Morgan fingerprint density at radius 3 is 2.38 bits per heavy atom. The van der Waals surface area contributed by atoms with Gasteiger partial charge >= 0.3 is 5.97 Å². The second-order valence-electron chi connectivity index (χ2n) is 5.82.